The molecule has 0 N–H and O–H groups in total. The van der Waals surface area contributed by atoms with E-state index in [2.05, 4.69) is 13.0 Å². The number of rotatable bonds is 2. The number of fused-ring (bicyclic) bond motifs is 3. The molecule has 0 spiro atoms. The molecule has 0 atom stereocenters. The van der Waals surface area contributed by atoms with Crippen molar-refractivity contribution in [1.29, 1.82) is 0 Å². The molecule has 0 saturated carbocycles. The first-order valence-electron chi connectivity index (χ1n) is 6.69. The first-order valence-corrected chi connectivity index (χ1v) is 7.07. The standard InChI is InChI=1S/C17H15ClO2/c1-3-11-7-16-14-5-4-13(18)6-12(14)9-20-17(16)8-15(11)10(2)19/h4-8H,3,9H2,1-2H3. The van der Waals surface area contributed by atoms with Crippen LogP contribution in [0.3, 0.4) is 0 Å². The van der Waals surface area contributed by atoms with Gasteiger partial charge in [0.05, 0.1) is 0 Å². The Hall–Kier alpha value is -1.80. The Bertz CT molecular complexity index is 704. The van der Waals surface area contributed by atoms with Crippen molar-refractivity contribution < 1.29 is 9.53 Å². The zero-order chi connectivity index (χ0) is 14.3. The summed E-state index contributed by atoms with van der Waals surface area (Å²) in [4.78, 5) is 11.7. The number of ketones is 1. The summed E-state index contributed by atoms with van der Waals surface area (Å²) in [7, 11) is 0. The molecule has 0 unspecified atom stereocenters. The van der Waals surface area contributed by atoms with Crippen LogP contribution in [0.25, 0.3) is 11.1 Å². The summed E-state index contributed by atoms with van der Waals surface area (Å²) in [5.41, 5.74) is 5.08. The second kappa shape index (κ2) is 4.95. The Morgan fingerprint density at radius 2 is 2.05 bits per heavy atom. The van der Waals surface area contributed by atoms with E-state index in [1.54, 1.807) is 6.92 Å². The van der Waals surface area contributed by atoms with Gasteiger partial charge in [-0.3, -0.25) is 4.79 Å². The van der Waals surface area contributed by atoms with Crippen LogP contribution in [-0.4, -0.2) is 5.78 Å². The van der Waals surface area contributed by atoms with Gasteiger partial charge in [-0.25, -0.2) is 0 Å². The van der Waals surface area contributed by atoms with E-state index in [-0.39, 0.29) is 5.78 Å². The molecule has 3 heteroatoms. The summed E-state index contributed by atoms with van der Waals surface area (Å²) in [6, 6.07) is 9.78. The van der Waals surface area contributed by atoms with E-state index >= 15 is 0 Å². The molecule has 1 aliphatic heterocycles. The van der Waals surface area contributed by atoms with E-state index in [0.717, 1.165) is 40.0 Å². The zero-order valence-corrected chi connectivity index (χ0v) is 12.3. The van der Waals surface area contributed by atoms with Crippen molar-refractivity contribution >= 4 is 17.4 Å². The molecular weight excluding hydrogens is 272 g/mol. The lowest BCUT2D eigenvalue weighted by molar-refractivity contribution is 0.101. The van der Waals surface area contributed by atoms with E-state index in [4.69, 9.17) is 16.3 Å². The summed E-state index contributed by atoms with van der Waals surface area (Å²) in [6.45, 7) is 4.14. The first kappa shape index (κ1) is 13.2. The number of ether oxygens (including phenoxy) is 1. The first-order chi connectivity index (χ1) is 9.60. The predicted molar refractivity (Wildman–Crippen MR) is 80.6 cm³/mol. The van der Waals surface area contributed by atoms with E-state index in [0.29, 0.717) is 11.6 Å². The van der Waals surface area contributed by atoms with Crippen molar-refractivity contribution in [3.63, 3.8) is 0 Å². The molecule has 1 aliphatic rings. The van der Waals surface area contributed by atoms with Crippen LogP contribution in [0.15, 0.2) is 30.3 Å². The Kier molecular flexibility index (Phi) is 3.27. The molecule has 0 aromatic heterocycles. The van der Waals surface area contributed by atoms with Gasteiger partial charge >= 0.3 is 0 Å². The molecule has 0 amide bonds. The van der Waals surface area contributed by atoms with Gasteiger partial charge in [-0.15, -0.1) is 0 Å². The van der Waals surface area contributed by atoms with Gasteiger partial charge in [-0.2, -0.15) is 0 Å². The topological polar surface area (TPSA) is 26.3 Å². The fourth-order valence-corrected chi connectivity index (χ4v) is 2.87. The van der Waals surface area contributed by atoms with E-state index in [9.17, 15) is 4.79 Å². The molecule has 2 aromatic carbocycles. The molecule has 0 bridgehead atoms. The quantitative estimate of drug-likeness (QED) is 0.750. The highest BCUT2D eigenvalue weighted by molar-refractivity contribution is 6.30. The SMILES string of the molecule is CCc1cc2c(cc1C(C)=O)OCc1cc(Cl)ccc1-2. The average Bonchev–Trinajstić information content (AvgIpc) is 2.45. The highest BCUT2D eigenvalue weighted by Crippen LogP contribution is 2.40. The second-order valence-electron chi connectivity index (χ2n) is 5.01. The Labute approximate surface area is 123 Å². The maximum atomic E-state index is 11.7. The molecule has 0 radical (unpaired) electrons. The number of carbonyl (C=O) groups excluding carboxylic acids is 1. The van der Waals surface area contributed by atoms with Crippen LogP contribution < -0.4 is 4.74 Å². The van der Waals surface area contributed by atoms with Crippen molar-refractivity contribution in [1.82, 2.24) is 0 Å². The minimum atomic E-state index is 0.0788. The zero-order valence-electron chi connectivity index (χ0n) is 11.5. The van der Waals surface area contributed by atoms with Gasteiger partial charge in [-0.1, -0.05) is 24.6 Å². The fourth-order valence-electron chi connectivity index (χ4n) is 2.67. The third kappa shape index (κ3) is 2.10. The van der Waals surface area contributed by atoms with Gasteiger partial charge in [-0.05, 0) is 54.3 Å². The van der Waals surface area contributed by atoms with Gasteiger partial charge in [0, 0.05) is 16.1 Å². The average molecular weight is 287 g/mol. The third-order valence-corrected chi connectivity index (χ3v) is 3.94. The lowest BCUT2D eigenvalue weighted by Crippen LogP contribution is -2.08. The van der Waals surface area contributed by atoms with Crippen molar-refractivity contribution in [2.24, 2.45) is 0 Å². The fraction of sp³-hybridized carbons (Fsp3) is 0.235. The lowest BCUT2D eigenvalue weighted by atomic mass is 9.91. The molecule has 2 aromatic rings. The minimum absolute atomic E-state index is 0.0788. The summed E-state index contributed by atoms with van der Waals surface area (Å²) < 4.78 is 5.78. The molecule has 3 rings (SSSR count). The van der Waals surface area contributed by atoms with E-state index in [1.807, 2.05) is 24.3 Å². The largest absolute Gasteiger partial charge is 0.488 e. The Morgan fingerprint density at radius 1 is 1.25 bits per heavy atom. The van der Waals surface area contributed by atoms with Crippen molar-refractivity contribution in [3.8, 4) is 16.9 Å². The number of aryl methyl sites for hydroxylation is 1. The Balaban J connectivity index is 2.22. The van der Waals surface area contributed by atoms with E-state index in [1.165, 1.54) is 0 Å². The smallest absolute Gasteiger partial charge is 0.160 e. The predicted octanol–water partition coefficient (Wildman–Crippen LogP) is 4.66. The number of hydrogen-bond acceptors (Lipinski definition) is 2. The van der Waals surface area contributed by atoms with Gasteiger partial charge in [0.1, 0.15) is 12.4 Å². The highest BCUT2D eigenvalue weighted by Gasteiger charge is 2.20. The molecule has 1 heterocycles. The number of hydrogen-bond donors (Lipinski definition) is 0. The molecule has 0 aliphatic carbocycles. The normalized spacial score (nSPS) is 12.3. The highest BCUT2D eigenvalue weighted by atomic mass is 35.5. The number of carbonyl (C=O) groups is 1. The maximum Gasteiger partial charge on any atom is 0.160 e. The molecule has 102 valence electrons. The van der Waals surface area contributed by atoms with Gasteiger partial charge in [0.25, 0.3) is 0 Å². The van der Waals surface area contributed by atoms with Crippen LogP contribution >= 0.6 is 11.6 Å². The van der Waals surface area contributed by atoms with Crippen LogP contribution in [0.5, 0.6) is 5.75 Å². The van der Waals surface area contributed by atoms with Crippen molar-refractivity contribution in [2.75, 3.05) is 0 Å². The van der Waals surface area contributed by atoms with Crippen LogP contribution in [0.1, 0.15) is 35.3 Å². The molecule has 0 fully saturated rings. The van der Waals surface area contributed by atoms with Crippen LogP contribution in [0, 0.1) is 0 Å². The minimum Gasteiger partial charge on any atom is -0.488 e. The van der Waals surface area contributed by atoms with Gasteiger partial charge < -0.3 is 4.74 Å². The molecule has 20 heavy (non-hydrogen) atoms. The second-order valence-corrected chi connectivity index (χ2v) is 5.44. The molecular formula is C17H15ClO2. The van der Waals surface area contributed by atoms with Crippen LogP contribution in [-0.2, 0) is 13.0 Å². The molecule has 0 saturated heterocycles. The summed E-state index contributed by atoms with van der Waals surface area (Å²) in [5, 5.41) is 0.715. The van der Waals surface area contributed by atoms with E-state index < -0.39 is 0 Å². The number of halogens is 1. The van der Waals surface area contributed by atoms with Gasteiger partial charge in [0.15, 0.2) is 5.78 Å². The molecule has 2 nitrogen and oxygen atoms in total. The monoisotopic (exact) mass is 286 g/mol. The number of Topliss-reactive ketones (excluding diaryl/α,β-unsaturated/α-hetero) is 1. The summed E-state index contributed by atoms with van der Waals surface area (Å²) in [5.74, 6) is 0.859. The third-order valence-electron chi connectivity index (χ3n) is 3.71. The van der Waals surface area contributed by atoms with Gasteiger partial charge in [0.2, 0.25) is 0 Å². The van der Waals surface area contributed by atoms with Crippen molar-refractivity contribution in [2.45, 2.75) is 26.9 Å². The van der Waals surface area contributed by atoms with Crippen LogP contribution in [0.2, 0.25) is 5.02 Å². The summed E-state index contributed by atoms with van der Waals surface area (Å²) >= 11 is 6.03. The lowest BCUT2D eigenvalue weighted by Gasteiger charge is -2.23. The maximum absolute atomic E-state index is 11.7. The van der Waals surface area contributed by atoms with Crippen LogP contribution in [0.4, 0.5) is 0 Å². The Morgan fingerprint density at radius 3 is 2.75 bits per heavy atom. The van der Waals surface area contributed by atoms with Crippen molar-refractivity contribution in [3.05, 3.63) is 52.0 Å². The number of benzene rings is 2. The summed E-state index contributed by atoms with van der Waals surface area (Å²) in [6.07, 6.45) is 0.825.